The first-order valence-corrected chi connectivity index (χ1v) is 18.6. The third-order valence-electron chi connectivity index (χ3n) is 11.1. The highest BCUT2D eigenvalue weighted by atomic mass is 31.2. The molecule has 0 radical (unpaired) electrons. The summed E-state index contributed by atoms with van der Waals surface area (Å²) in [7, 11) is -2.25. The lowest BCUT2D eigenvalue weighted by atomic mass is 9.65. The minimum atomic E-state index is -2.25. The van der Waals surface area contributed by atoms with E-state index in [1.165, 1.54) is 51.4 Å². The van der Waals surface area contributed by atoms with Crippen molar-refractivity contribution in [2.24, 2.45) is 17.8 Å². The van der Waals surface area contributed by atoms with Crippen molar-refractivity contribution in [2.75, 3.05) is 31.3 Å². The third-order valence-corrected chi connectivity index (χ3v) is 12.9. The van der Waals surface area contributed by atoms with Crippen molar-refractivity contribution in [3.05, 3.63) is 46.0 Å². The lowest BCUT2D eigenvalue weighted by Crippen LogP contribution is -2.59. The largest absolute Gasteiger partial charge is 0.348 e. The standard InChI is InChI=1S/C33H47N4O2P/c1-22-15-23-17-24(16-22)19-27(18-23)36-25-7-6-8-26(36)21-28(20-25)37-31-10-5-4-9-30(31)34-32(33(37)38)35-13-11-29(12-14-35)40(2,3)39/h4-5,9-11,22-28H,6-8,12-21H2,1-3H3/t22?,23-,24+,25-,26+,27?,28?. The number of rotatable bonds is 4. The van der Waals surface area contributed by atoms with Gasteiger partial charge in [-0.2, -0.15) is 0 Å². The Morgan fingerprint density at radius 1 is 0.875 bits per heavy atom. The second-order valence-electron chi connectivity index (χ2n) is 14.3. The highest BCUT2D eigenvalue weighted by Gasteiger charge is 2.46. The zero-order chi connectivity index (χ0) is 27.6. The maximum absolute atomic E-state index is 14.3. The third kappa shape index (κ3) is 4.91. The van der Waals surface area contributed by atoms with Crippen molar-refractivity contribution < 1.29 is 4.57 Å². The number of piperidine rings is 2. The van der Waals surface area contributed by atoms with Crippen molar-refractivity contribution in [3.8, 4) is 0 Å². The number of aromatic nitrogens is 2. The molecule has 2 saturated heterocycles. The van der Waals surface area contributed by atoms with Crippen molar-refractivity contribution >= 4 is 24.0 Å². The Morgan fingerprint density at radius 3 is 2.23 bits per heavy atom. The molecule has 4 heterocycles. The molecule has 0 spiro atoms. The van der Waals surface area contributed by atoms with Crippen LogP contribution in [0.15, 0.2) is 40.5 Å². The summed E-state index contributed by atoms with van der Waals surface area (Å²) in [6.45, 7) is 7.46. The van der Waals surface area contributed by atoms with Crippen LogP contribution in [0.5, 0.6) is 0 Å². The van der Waals surface area contributed by atoms with Crippen molar-refractivity contribution in [2.45, 2.75) is 102 Å². The molecule has 3 unspecified atom stereocenters. The Morgan fingerprint density at radius 2 is 1.57 bits per heavy atom. The Bertz CT molecular complexity index is 1380. The zero-order valence-corrected chi connectivity index (χ0v) is 25.6. The summed E-state index contributed by atoms with van der Waals surface area (Å²) in [5.41, 5.74) is 1.95. The fraction of sp³-hybridized carbons (Fsp3) is 0.697. The van der Waals surface area contributed by atoms with Crippen LogP contribution in [0.4, 0.5) is 5.82 Å². The van der Waals surface area contributed by atoms with Crippen molar-refractivity contribution in [1.29, 1.82) is 0 Å². The van der Waals surface area contributed by atoms with Gasteiger partial charge in [-0.05, 0) is 113 Å². The van der Waals surface area contributed by atoms with Gasteiger partial charge in [0.15, 0.2) is 5.82 Å². The molecule has 216 valence electrons. The van der Waals surface area contributed by atoms with Gasteiger partial charge >= 0.3 is 0 Å². The van der Waals surface area contributed by atoms with E-state index >= 15 is 0 Å². The molecule has 7 heteroatoms. The smallest absolute Gasteiger partial charge is 0.294 e. The van der Waals surface area contributed by atoms with Gasteiger partial charge in [-0.15, -0.1) is 0 Å². The van der Waals surface area contributed by atoms with E-state index in [2.05, 4.69) is 39.5 Å². The topological polar surface area (TPSA) is 58.4 Å². The van der Waals surface area contributed by atoms with E-state index in [1.54, 1.807) is 0 Å². The van der Waals surface area contributed by atoms with Crippen LogP contribution in [0, 0.1) is 17.8 Å². The molecule has 40 heavy (non-hydrogen) atoms. The van der Waals surface area contributed by atoms with E-state index in [-0.39, 0.29) is 11.6 Å². The molecule has 2 aliphatic carbocycles. The van der Waals surface area contributed by atoms with Crippen molar-refractivity contribution in [1.82, 2.24) is 14.5 Å². The minimum absolute atomic E-state index is 0.0597. The molecular formula is C33H47N4O2P. The van der Waals surface area contributed by atoms with E-state index in [1.807, 2.05) is 25.5 Å². The lowest BCUT2D eigenvalue weighted by Gasteiger charge is -2.55. The first-order chi connectivity index (χ1) is 19.2. The molecule has 2 aromatic rings. The number of benzene rings is 1. The summed E-state index contributed by atoms with van der Waals surface area (Å²) in [6, 6.07) is 10.4. The van der Waals surface area contributed by atoms with Gasteiger partial charge in [0.25, 0.3) is 5.56 Å². The molecule has 1 aromatic heterocycles. The summed E-state index contributed by atoms with van der Waals surface area (Å²) in [5.74, 6) is 3.33. The minimum Gasteiger partial charge on any atom is -0.348 e. The second kappa shape index (κ2) is 10.4. The van der Waals surface area contributed by atoms with Crippen LogP contribution in [-0.4, -0.2) is 59.0 Å². The summed E-state index contributed by atoms with van der Waals surface area (Å²) in [4.78, 5) is 24.3. The Hall–Kier alpha value is -1.91. The maximum Gasteiger partial charge on any atom is 0.294 e. The molecule has 2 saturated carbocycles. The van der Waals surface area contributed by atoms with Gasteiger partial charge in [0.05, 0.1) is 11.0 Å². The van der Waals surface area contributed by atoms with Gasteiger partial charge in [-0.3, -0.25) is 9.69 Å². The quantitative estimate of drug-likeness (QED) is 0.380. The SMILES string of the molecule is CC1C[C@@H]2CC(N3[C@@H]4CCC[C@H]3CC(n3c(=O)c(N5CC=C(P(C)(C)=O)CC5)nc5ccccc53)C4)C[C@H](C1)C2. The average molecular weight is 563 g/mol. The van der Waals surface area contributed by atoms with E-state index in [0.29, 0.717) is 31.0 Å². The van der Waals surface area contributed by atoms with Gasteiger partial charge in [0, 0.05) is 37.3 Å². The highest BCUT2D eigenvalue weighted by Crippen LogP contribution is 2.50. The summed E-state index contributed by atoms with van der Waals surface area (Å²) < 4.78 is 14.8. The predicted octanol–water partition coefficient (Wildman–Crippen LogP) is 6.89. The Kier molecular flexibility index (Phi) is 7.02. The number of nitrogens with zero attached hydrogens (tertiary/aromatic N) is 4. The molecule has 6 nitrogen and oxygen atoms in total. The van der Waals surface area contributed by atoms with Crippen LogP contribution >= 0.6 is 7.14 Å². The number of hydrogen-bond donors (Lipinski definition) is 0. The normalized spacial score (nSPS) is 35.0. The van der Waals surface area contributed by atoms with Crippen LogP contribution in [0.3, 0.4) is 0 Å². The molecule has 4 fully saturated rings. The van der Waals surface area contributed by atoms with Gasteiger partial charge < -0.3 is 14.0 Å². The monoisotopic (exact) mass is 562 g/mol. The van der Waals surface area contributed by atoms with E-state index < -0.39 is 7.14 Å². The van der Waals surface area contributed by atoms with Crippen LogP contribution in [0.1, 0.15) is 83.6 Å². The molecule has 7 atom stereocenters. The molecule has 0 N–H and O–H groups in total. The average Bonchev–Trinajstić information content (AvgIpc) is 2.91. The van der Waals surface area contributed by atoms with Crippen molar-refractivity contribution in [3.63, 3.8) is 0 Å². The predicted molar refractivity (Wildman–Crippen MR) is 165 cm³/mol. The molecule has 5 aliphatic rings. The van der Waals surface area contributed by atoms with Gasteiger partial charge in [0.1, 0.15) is 7.14 Å². The number of para-hydroxylation sites is 2. The fourth-order valence-electron chi connectivity index (χ4n) is 9.64. The van der Waals surface area contributed by atoms with Crippen LogP contribution in [0.2, 0.25) is 0 Å². The lowest BCUT2D eigenvalue weighted by molar-refractivity contribution is -0.0524. The summed E-state index contributed by atoms with van der Waals surface area (Å²) in [5, 5.41) is 1.05. The van der Waals surface area contributed by atoms with Crippen LogP contribution in [-0.2, 0) is 4.57 Å². The number of anilines is 1. The molecule has 1 aromatic carbocycles. The first kappa shape index (κ1) is 27.0. The second-order valence-corrected chi connectivity index (χ2v) is 17.6. The van der Waals surface area contributed by atoms with Gasteiger partial charge in [0.2, 0.25) is 0 Å². The number of fused-ring (bicyclic) bond motifs is 5. The summed E-state index contributed by atoms with van der Waals surface area (Å²) >= 11 is 0. The van der Waals surface area contributed by atoms with Crippen LogP contribution < -0.4 is 10.5 Å². The maximum atomic E-state index is 14.3. The summed E-state index contributed by atoms with van der Waals surface area (Å²) in [6.07, 6.45) is 16.0. The number of hydrogen-bond acceptors (Lipinski definition) is 5. The highest BCUT2D eigenvalue weighted by molar-refractivity contribution is 7.66. The van der Waals surface area contributed by atoms with Gasteiger partial charge in [-0.1, -0.05) is 31.6 Å². The molecular weight excluding hydrogens is 515 g/mol. The van der Waals surface area contributed by atoms with Gasteiger partial charge in [-0.25, -0.2) is 4.98 Å². The fourth-order valence-corrected chi connectivity index (χ4v) is 10.8. The Labute approximate surface area is 239 Å². The molecule has 7 rings (SSSR count). The molecule has 3 aliphatic heterocycles. The van der Waals surface area contributed by atoms with E-state index in [9.17, 15) is 9.36 Å². The van der Waals surface area contributed by atoms with E-state index in [4.69, 9.17) is 4.98 Å². The molecule has 4 bridgehead atoms. The first-order valence-electron chi connectivity index (χ1n) is 16.0. The van der Waals surface area contributed by atoms with Crippen LogP contribution in [0.25, 0.3) is 11.0 Å². The zero-order valence-electron chi connectivity index (χ0n) is 24.7. The van der Waals surface area contributed by atoms with E-state index in [0.717, 1.165) is 59.4 Å². The Balaban J connectivity index is 1.20. The molecule has 0 amide bonds.